The Kier molecular flexibility index (Phi) is 7.88. The van der Waals surface area contributed by atoms with Gasteiger partial charge in [-0.1, -0.05) is 60.7 Å². The minimum atomic E-state index is -1.24. The van der Waals surface area contributed by atoms with Gasteiger partial charge in [0.25, 0.3) is 0 Å². The van der Waals surface area contributed by atoms with Gasteiger partial charge in [0.15, 0.2) is 0 Å². The molecule has 2 aromatic carbocycles. The lowest BCUT2D eigenvalue weighted by molar-refractivity contribution is -0.171. The molecule has 3 aliphatic heterocycles. The molecule has 3 heterocycles. The zero-order valence-corrected chi connectivity index (χ0v) is 21.2. The molecule has 5 atom stereocenters. The van der Waals surface area contributed by atoms with Gasteiger partial charge >= 0.3 is 23.9 Å². The zero-order valence-electron chi connectivity index (χ0n) is 21.2. The van der Waals surface area contributed by atoms with E-state index in [-0.39, 0.29) is 37.9 Å². The fourth-order valence-electron chi connectivity index (χ4n) is 5.98. The number of carbonyl (C=O) groups excluding carboxylic acids is 4. The van der Waals surface area contributed by atoms with E-state index in [4.69, 9.17) is 18.9 Å². The number of hydrogen-bond acceptors (Lipinski definition) is 8. The number of aryl methyl sites for hydroxylation is 2. The fraction of sp³-hybridized carbons (Fsp3) is 0.467. The molecule has 8 nitrogen and oxygen atoms in total. The molecule has 38 heavy (non-hydrogen) atoms. The van der Waals surface area contributed by atoms with Crippen molar-refractivity contribution in [2.75, 3.05) is 13.2 Å². The summed E-state index contributed by atoms with van der Waals surface area (Å²) in [6.07, 6.45) is 3.17. The van der Waals surface area contributed by atoms with Gasteiger partial charge in [0.05, 0.1) is 18.6 Å². The monoisotopic (exact) mass is 520 g/mol. The normalized spacial score (nSPS) is 27.2. The zero-order chi connectivity index (χ0) is 26.5. The smallest absolute Gasteiger partial charge is 0.320 e. The maximum atomic E-state index is 12.6. The highest BCUT2D eigenvalue weighted by atomic mass is 16.6. The Hall–Kier alpha value is -3.52. The van der Waals surface area contributed by atoms with Crippen molar-refractivity contribution in [3.05, 3.63) is 71.8 Å². The Balaban J connectivity index is 1.16. The quantitative estimate of drug-likeness (QED) is 0.238. The van der Waals surface area contributed by atoms with Crippen LogP contribution < -0.4 is 0 Å². The van der Waals surface area contributed by atoms with Crippen LogP contribution in [0.5, 0.6) is 0 Å². The molecule has 2 bridgehead atoms. The summed E-state index contributed by atoms with van der Waals surface area (Å²) in [7, 11) is 0. The first-order valence-electron chi connectivity index (χ1n) is 13.3. The SMILES string of the molecule is O=C(CCCc1ccccc1)OC[C@@H]1C[C@H]2O[C@]1(COC(=O)CCCc1ccccc1)[C@@H]1C(=O)OC(=O)[C@@H]12. The number of carbonyl (C=O) groups is 4. The molecule has 0 aliphatic carbocycles. The molecular formula is C30H32O8. The van der Waals surface area contributed by atoms with Gasteiger partial charge in [-0.15, -0.1) is 0 Å². The average molecular weight is 521 g/mol. The van der Waals surface area contributed by atoms with E-state index in [2.05, 4.69) is 0 Å². The van der Waals surface area contributed by atoms with Crippen molar-refractivity contribution in [2.24, 2.45) is 17.8 Å². The molecule has 0 saturated carbocycles. The minimum Gasteiger partial charge on any atom is -0.465 e. The van der Waals surface area contributed by atoms with E-state index in [1.807, 2.05) is 60.7 Å². The van der Waals surface area contributed by atoms with Crippen LogP contribution in [0.4, 0.5) is 0 Å². The molecule has 0 amide bonds. The van der Waals surface area contributed by atoms with Gasteiger partial charge in [-0.3, -0.25) is 19.2 Å². The maximum absolute atomic E-state index is 12.6. The third-order valence-corrected chi connectivity index (χ3v) is 7.87. The van der Waals surface area contributed by atoms with Gasteiger partial charge in [-0.25, -0.2) is 0 Å². The highest BCUT2D eigenvalue weighted by Crippen LogP contribution is 2.57. The number of ether oxygens (including phenoxy) is 4. The Morgan fingerprint density at radius 2 is 1.39 bits per heavy atom. The van der Waals surface area contributed by atoms with Crippen LogP contribution in [0.3, 0.4) is 0 Å². The first kappa shape index (κ1) is 26.1. The van der Waals surface area contributed by atoms with Crippen molar-refractivity contribution >= 4 is 23.9 Å². The van der Waals surface area contributed by atoms with E-state index in [1.165, 1.54) is 0 Å². The Morgan fingerprint density at radius 1 is 0.816 bits per heavy atom. The largest absolute Gasteiger partial charge is 0.465 e. The topological polar surface area (TPSA) is 105 Å². The predicted octanol–water partition coefficient (Wildman–Crippen LogP) is 3.59. The maximum Gasteiger partial charge on any atom is 0.320 e. The number of benzene rings is 2. The summed E-state index contributed by atoms with van der Waals surface area (Å²) in [6, 6.07) is 19.8. The Bertz CT molecular complexity index is 1160. The molecule has 0 unspecified atom stereocenters. The number of esters is 4. The van der Waals surface area contributed by atoms with E-state index in [9.17, 15) is 19.2 Å². The highest BCUT2D eigenvalue weighted by Gasteiger charge is 2.73. The van der Waals surface area contributed by atoms with Crippen LogP contribution in [0, 0.1) is 17.8 Å². The number of rotatable bonds is 12. The van der Waals surface area contributed by atoms with E-state index in [1.54, 1.807) is 0 Å². The summed E-state index contributed by atoms with van der Waals surface area (Å²) in [5, 5.41) is 0. The summed E-state index contributed by atoms with van der Waals surface area (Å²) in [4.78, 5) is 49.9. The van der Waals surface area contributed by atoms with E-state index >= 15 is 0 Å². The minimum absolute atomic E-state index is 0.0247. The Morgan fingerprint density at radius 3 is 2.00 bits per heavy atom. The fourth-order valence-corrected chi connectivity index (χ4v) is 5.98. The molecule has 3 saturated heterocycles. The van der Waals surface area contributed by atoms with Crippen molar-refractivity contribution < 1.29 is 38.1 Å². The lowest BCUT2D eigenvalue weighted by atomic mass is 9.67. The second-order valence-electron chi connectivity index (χ2n) is 10.3. The molecule has 0 spiro atoms. The van der Waals surface area contributed by atoms with Gasteiger partial charge < -0.3 is 18.9 Å². The standard InChI is InChI=1S/C30H32O8/c31-24(15-7-13-20-9-3-1-4-10-20)35-18-22-17-23-26-27(29(34)37-28(26)33)30(22,38-23)19-36-25(32)16-8-14-21-11-5-2-6-12-21/h1-6,9-12,22-23,26-27H,7-8,13-19H2/t22-,23+,26+,27-,30-/m0/s1. The van der Waals surface area contributed by atoms with Gasteiger partial charge in [0, 0.05) is 18.8 Å². The second-order valence-corrected chi connectivity index (χ2v) is 10.3. The van der Waals surface area contributed by atoms with Gasteiger partial charge in [-0.2, -0.15) is 0 Å². The third kappa shape index (κ3) is 5.50. The molecule has 2 aromatic rings. The van der Waals surface area contributed by atoms with Crippen molar-refractivity contribution in [1.29, 1.82) is 0 Å². The molecular weight excluding hydrogens is 488 g/mol. The third-order valence-electron chi connectivity index (χ3n) is 7.87. The predicted molar refractivity (Wildman–Crippen MR) is 134 cm³/mol. The van der Waals surface area contributed by atoms with Crippen LogP contribution >= 0.6 is 0 Å². The molecule has 0 N–H and O–H groups in total. The number of hydrogen-bond donors (Lipinski definition) is 0. The van der Waals surface area contributed by atoms with Crippen LogP contribution in [0.25, 0.3) is 0 Å². The second kappa shape index (κ2) is 11.5. The van der Waals surface area contributed by atoms with Crippen molar-refractivity contribution in [3.8, 4) is 0 Å². The average Bonchev–Trinajstić information content (AvgIpc) is 3.56. The van der Waals surface area contributed by atoms with E-state index in [0.717, 1.165) is 24.0 Å². The molecule has 0 radical (unpaired) electrons. The van der Waals surface area contributed by atoms with Crippen LogP contribution in [-0.2, 0) is 51.0 Å². The summed E-state index contributed by atoms with van der Waals surface area (Å²) >= 11 is 0. The van der Waals surface area contributed by atoms with Crippen molar-refractivity contribution in [2.45, 2.75) is 56.7 Å². The summed E-state index contributed by atoms with van der Waals surface area (Å²) in [6.45, 7) is -0.162. The molecule has 5 rings (SSSR count). The molecule has 3 fully saturated rings. The van der Waals surface area contributed by atoms with Gasteiger partial charge in [0.2, 0.25) is 0 Å². The number of cyclic esters (lactones) is 2. The highest BCUT2D eigenvalue weighted by molar-refractivity contribution is 5.98. The Labute approximate surface area is 221 Å². The van der Waals surface area contributed by atoms with E-state index in [0.29, 0.717) is 19.3 Å². The molecule has 3 aliphatic rings. The lowest BCUT2D eigenvalue weighted by Gasteiger charge is -2.35. The summed E-state index contributed by atoms with van der Waals surface area (Å²) in [5.41, 5.74) is 1.05. The van der Waals surface area contributed by atoms with Crippen molar-refractivity contribution in [1.82, 2.24) is 0 Å². The van der Waals surface area contributed by atoms with Gasteiger partial charge in [0.1, 0.15) is 18.1 Å². The molecule has 8 heteroatoms. The van der Waals surface area contributed by atoms with Crippen LogP contribution in [0.2, 0.25) is 0 Å². The van der Waals surface area contributed by atoms with E-state index < -0.39 is 41.4 Å². The molecule has 0 aromatic heterocycles. The van der Waals surface area contributed by atoms with Crippen molar-refractivity contribution in [3.63, 3.8) is 0 Å². The van der Waals surface area contributed by atoms with Crippen LogP contribution in [0.15, 0.2) is 60.7 Å². The van der Waals surface area contributed by atoms with Gasteiger partial charge in [-0.05, 0) is 43.2 Å². The first-order valence-corrected chi connectivity index (χ1v) is 13.3. The summed E-state index contributed by atoms with van der Waals surface area (Å²) < 4.78 is 22.3. The first-order chi connectivity index (χ1) is 18.5. The van der Waals surface area contributed by atoms with Crippen LogP contribution in [-0.4, -0.2) is 48.8 Å². The lowest BCUT2D eigenvalue weighted by Crippen LogP contribution is -2.51. The molecule has 200 valence electrons. The number of fused-ring (bicyclic) bond motifs is 5. The summed E-state index contributed by atoms with van der Waals surface area (Å²) in [5.74, 6) is -3.97. The van der Waals surface area contributed by atoms with Crippen LogP contribution in [0.1, 0.15) is 43.2 Å².